The van der Waals surface area contributed by atoms with E-state index >= 15 is 0 Å². The summed E-state index contributed by atoms with van der Waals surface area (Å²) >= 11 is 0. The molecule has 0 unspecified atom stereocenters. The van der Waals surface area contributed by atoms with E-state index in [1.165, 1.54) is 0 Å². The number of carbonyl (C=O) groups is 1. The number of benzene rings is 1. The molecule has 1 aliphatic heterocycles. The minimum absolute atomic E-state index is 0.202. The molecule has 1 aromatic rings. The van der Waals surface area contributed by atoms with Crippen LogP contribution in [0.2, 0.25) is 0 Å². The van der Waals surface area contributed by atoms with Gasteiger partial charge in [-0.2, -0.15) is 0 Å². The predicted molar refractivity (Wildman–Crippen MR) is 82.9 cm³/mol. The third-order valence-corrected chi connectivity index (χ3v) is 3.84. The lowest BCUT2D eigenvalue weighted by atomic mass is 10.0. The second-order valence-electron chi connectivity index (χ2n) is 5.60. The van der Waals surface area contributed by atoms with Gasteiger partial charge in [0.2, 0.25) is 0 Å². The van der Waals surface area contributed by atoms with E-state index in [9.17, 15) is 4.79 Å². The van der Waals surface area contributed by atoms with Gasteiger partial charge in [-0.15, -0.1) is 0 Å². The van der Waals surface area contributed by atoms with Crippen molar-refractivity contribution in [2.45, 2.75) is 38.7 Å². The van der Waals surface area contributed by atoms with Gasteiger partial charge < -0.3 is 14.8 Å². The molecule has 4 nitrogen and oxygen atoms in total. The lowest BCUT2D eigenvalue weighted by molar-refractivity contribution is -0.120. The summed E-state index contributed by atoms with van der Waals surface area (Å²) in [4.78, 5) is 12.1. The van der Waals surface area contributed by atoms with Crippen LogP contribution in [0.25, 0.3) is 0 Å². The Morgan fingerprint density at radius 1 is 1.33 bits per heavy atom. The largest absolute Gasteiger partial charge is 0.496 e. The Balaban J connectivity index is 1.77. The van der Waals surface area contributed by atoms with Gasteiger partial charge in [-0.1, -0.05) is 17.7 Å². The van der Waals surface area contributed by atoms with Gasteiger partial charge in [0.05, 0.1) is 19.8 Å². The Bertz CT molecular complexity index is 467. The zero-order chi connectivity index (χ0) is 15.1. The van der Waals surface area contributed by atoms with Crippen LogP contribution in [0.3, 0.4) is 0 Å². The Morgan fingerprint density at radius 2 is 2.10 bits per heavy atom. The number of hydrogen-bond donors (Lipinski definition) is 1. The van der Waals surface area contributed by atoms with Gasteiger partial charge in [0.1, 0.15) is 11.5 Å². The first kappa shape index (κ1) is 16.0. The van der Waals surface area contributed by atoms with Gasteiger partial charge in [0.15, 0.2) is 0 Å². The topological polar surface area (TPSA) is 47.6 Å². The molecule has 116 valence electrons. The van der Waals surface area contributed by atoms with E-state index in [1.807, 2.05) is 25.1 Å². The highest BCUT2D eigenvalue weighted by molar-refractivity contribution is 5.81. The van der Waals surface area contributed by atoms with Crippen LogP contribution in [0, 0.1) is 6.92 Å². The van der Waals surface area contributed by atoms with Gasteiger partial charge in [0, 0.05) is 18.4 Å². The van der Waals surface area contributed by atoms with E-state index in [0.717, 1.165) is 42.8 Å². The van der Waals surface area contributed by atoms with Crippen LogP contribution in [-0.2, 0) is 16.0 Å². The van der Waals surface area contributed by atoms with Crippen molar-refractivity contribution in [2.24, 2.45) is 0 Å². The van der Waals surface area contributed by atoms with Gasteiger partial charge >= 0.3 is 0 Å². The first-order chi connectivity index (χ1) is 10.2. The summed E-state index contributed by atoms with van der Waals surface area (Å²) < 4.78 is 11.1. The zero-order valence-electron chi connectivity index (χ0n) is 13.0. The van der Waals surface area contributed by atoms with E-state index in [2.05, 4.69) is 5.32 Å². The smallest absolute Gasteiger partial charge is 0.139 e. The molecule has 1 N–H and O–H groups in total. The third kappa shape index (κ3) is 5.14. The monoisotopic (exact) mass is 291 g/mol. The molecule has 0 aromatic heterocycles. The van der Waals surface area contributed by atoms with Crippen molar-refractivity contribution in [1.29, 1.82) is 0 Å². The first-order valence-electron chi connectivity index (χ1n) is 7.66. The molecular formula is C17H25NO3. The Labute approximate surface area is 126 Å². The molecule has 4 heteroatoms. The molecule has 1 aromatic carbocycles. The predicted octanol–water partition coefficient (Wildman–Crippen LogP) is 2.27. The van der Waals surface area contributed by atoms with Crippen LogP contribution in [0.4, 0.5) is 0 Å². The average molecular weight is 291 g/mol. The second kappa shape index (κ2) is 8.15. The van der Waals surface area contributed by atoms with Crippen LogP contribution in [0.15, 0.2) is 18.2 Å². The molecule has 0 bridgehead atoms. The molecule has 0 spiro atoms. The maximum Gasteiger partial charge on any atom is 0.139 e. The van der Waals surface area contributed by atoms with E-state index in [0.29, 0.717) is 25.6 Å². The maximum atomic E-state index is 12.1. The standard InChI is InChI=1S/C17H25NO3/c1-13-3-4-17(20-2)14(11-13)12-15(19)7-10-21-16-5-8-18-9-6-16/h3-4,11,16,18H,5-10,12H2,1-2H3. The molecule has 1 saturated heterocycles. The number of piperidine rings is 1. The Kier molecular flexibility index (Phi) is 6.21. The number of aryl methyl sites for hydroxylation is 1. The van der Waals surface area contributed by atoms with Crippen molar-refractivity contribution in [3.8, 4) is 5.75 Å². The normalized spacial score (nSPS) is 15.9. The maximum absolute atomic E-state index is 12.1. The summed E-state index contributed by atoms with van der Waals surface area (Å²) in [7, 11) is 1.64. The van der Waals surface area contributed by atoms with Crippen molar-refractivity contribution in [2.75, 3.05) is 26.8 Å². The first-order valence-corrected chi connectivity index (χ1v) is 7.66. The molecule has 0 radical (unpaired) electrons. The average Bonchev–Trinajstić information content (AvgIpc) is 2.48. The highest BCUT2D eigenvalue weighted by Crippen LogP contribution is 2.20. The lowest BCUT2D eigenvalue weighted by Crippen LogP contribution is -2.32. The highest BCUT2D eigenvalue weighted by Gasteiger charge is 2.14. The van der Waals surface area contributed by atoms with Gasteiger partial charge in [0.25, 0.3) is 0 Å². The van der Waals surface area contributed by atoms with Crippen LogP contribution in [-0.4, -0.2) is 38.7 Å². The minimum atomic E-state index is 0.202. The number of ketones is 1. The summed E-state index contributed by atoms with van der Waals surface area (Å²) in [5.41, 5.74) is 2.11. The summed E-state index contributed by atoms with van der Waals surface area (Å²) in [5, 5.41) is 3.30. The van der Waals surface area contributed by atoms with Crippen molar-refractivity contribution in [3.63, 3.8) is 0 Å². The molecule has 0 atom stereocenters. The number of nitrogens with one attached hydrogen (secondary N) is 1. The van der Waals surface area contributed by atoms with Gasteiger partial charge in [-0.05, 0) is 38.9 Å². The van der Waals surface area contributed by atoms with E-state index in [4.69, 9.17) is 9.47 Å². The quantitative estimate of drug-likeness (QED) is 0.837. The van der Waals surface area contributed by atoms with E-state index < -0.39 is 0 Å². The number of carbonyl (C=O) groups excluding carboxylic acids is 1. The van der Waals surface area contributed by atoms with Crippen LogP contribution in [0.1, 0.15) is 30.4 Å². The Hall–Kier alpha value is -1.39. The third-order valence-electron chi connectivity index (χ3n) is 3.84. The molecular weight excluding hydrogens is 266 g/mol. The molecule has 21 heavy (non-hydrogen) atoms. The van der Waals surface area contributed by atoms with Crippen LogP contribution in [0.5, 0.6) is 5.75 Å². The Morgan fingerprint density at radius 3 is 2.81 bits per heavy atom. The zero-order valence-corrected chi connectivity index (χ0v) is 13.0. The fraction of sp³-hybridized carbons (Fsp3) is 0.588. The number of methoxy groups -OCH3 is 1. The highest BCUT2D eigenvalue weighted by atomic mass is 16.5. The SMILES string of the molecule is COc1ccc(C)cc1CC(=O)CCOC1CCNCC1. The summed E-state index contributed by atoms with van der Waals surface area (Å²) in [6.45, 7) is 4.57. The number of hydrogen-bond acceptors (Lipinski definition) is 4. The summed E-state index contributed by atoms with van der Waals surface area (Å²) in [5.74, 6) is 0.987. The number of ether oxygens (including phenoxy) is 2. The van der Waals surface area contributed by atoms with Crippen LogP contribution < -0.4 is 10.1 Å². The second-order valence-corrected chi connectivity index (χ2v) is 5.60. The molecule has 0 amide bonds. The van der Waals surface area contributed by atoms with Gasteiger partial charge in [-0.3, -0.25) is 4.79 Å². The minimum Gasteiger partial charge on any atom is -0.496 e. The van der Waals surface area contributed by atoms with E-state index in [1.54, 1.807) is 7.11 Å². The molecule has 1 fully saturated rings. The van der Waals surface area contributed by atoms with Crippen molar-refractivity contribution in [1.82, 2.24) is 5.32 Å². The molecule has 0 aliphatic carbocycles. The van der Waals surface area contributed by atoms with E-state index in [-0.39, 0.29) is 5.78 Å². The molecule has 1 heterocycles. The van der Waals surface area contributed by atoms with Crippen molar-refractivity contribution < 1.29 is 14.3 Å². The lowest BCUT2D eigenvalue weighted by Gasteiger charge is -2.22. The molecule has 1 aliphatic rings. The van der Waals surface area contributed by atoms with Gasteiger partial charge in [-0.25, -0.2) is 0 Å². The van der Waals surface area contributed by atoms with Crippen molar-refractivity contribution in [3.05, 3.63) is 29.3 Å². The van der Waals surface area contributed by atoms with Crippen molar-refractivity contribution >= 4 is 5.78 Å². The van der Waals surface area contributed by atoms with Crippen LogP contribution >= 0.6 is 0 Å². The number of Topliss-reactive ketones (excluding diaryl/α,β-unsaturated/α-hetero) is 1. The fourth-order valence-electron chi connectivity index (χ4n) is 2.65. The summed E-state index contributed by atoms with van der Waals surface area (Å²) in [6, 6.07) is 5.93. The number of rotatable bonds is 7. The fourth-order valence-corrected chi connectivity index (χ4v) is 2.65. The molecule has 0 saturated carbocycles. The summed E-state index contributed by atoms with van der Waals surface area (Å²) in [6.07, 6.45) is 3.29. The molecule has 2 rings (SSSR count).